The van der Waals surface area contributed by atoms with Crippen molar-refractivity contribution in [1.82, 2.24) is 19.5 Å². The van der Waals surface area contributed by atoms with Gasteiger partial charge in [-0.1, -0.05) is 30.3 Å². The Morgan fingerprint density at radius 3 is 2.23 bits per heavy atom. The van der Waals surface area contributed by atoms with Gasteiger partial charge in [-0.25, -0.2) is 19.3 Å². The molecule has 0 N–H and O–H groups in total. The van der Waals surface area contributed by atoms with Crippen molar-refractivity contribution in [2.75, 3.05) is 22.9 Å². The molecule has 0 bridgehead atoms. The Bertz CT molecular complexity index is 1250. The highest BCUT2D eigenvalue weighted by Crippen LogP contribution is 2.21. The number of hydrogen-bond donors (Lipinski definition) is 0. The second kappa shape index (κ2) is 10.9. The van der Waals surface area contributed by atoms with E-state index in [0.717, 1.165) is 30.0 Å². The summed E-state index contributed by atoms with van der Waals surface area (Å²) in [5.41, 5.74) is 2.77. The Balaban J connectivity index is 1.61. The van der Waals surface area contributed by atoms with E-state index in [9.17, 15) is 9.18 Å². The summed E-state index contributed by atoms with van der Waals surface area (Å²) in [6.45, 7) is 8.44. The van der Waals surface area contributed by atoms with Crippen molar-refractivity contribution >= 4 is 17.5 Å². The second-order valence-corrected chi connectivity index (χ2v) is 8.22. The molecule has 2 aromatic carbocycles. The average molecular weight is 473 g/mol. The van der Waals surface area contributed by atoms with E-state index in [0.29, 0.717) is 23.9 Å². The van der Waals surface area contributed by atoms with Crippen LogP contribution in [0.1, 0.15) is 41.3 Å². The number of aromatic nitrogens is 4. The summed E-state index contributed by atoms with van der Waals surface area (Å²) in [4.78, 5) is 30.7. The predicted octanol–water partition coefficient (Wildman–Crippen LogP) is 4.86. The highest BCUT2D eigenvalue weighted by Gasteiger charge is 2.22. The van der Waals surface area contributed by atoms with Gasteiger partial charge in [0.1, 0.15) is 17.3 Å². The number of amides is 1. The first-order valence-electron chi connectivity index (χ1n) is 11.7. The van der Waals surface area contributed by atoms with E-state index in [1.807, 2.05) is 41.8 Å². The van der Waals surface area contributed by atoms with Crippen molar-refractivity contribution in [3.05, 3.63) is 102 Å². The topological polar surface area (TPSA) is 67.2 Å². The van der Waals surface area contributed by atoms with Gasteiger partial charge in [0.05, 0.1) is 6.54 Å². The third-order valence-electron chi connectivity index (χ3n) is 5.85. The lowest BCUT2D eigenvalue weighted by Crippen LogP contribution is -2.31. The molecular weight excluding hydrogens is 443 g/mol. The van der Waals surface area contributed by atoms with Crippen LogP contribution in [0.5, 0.6) is 0 Å². The summed E-state index contributed by atoms with van der Waals surface area (Å²) in [6.07, 6.45) is 5.22. The zero-order chi connectivity index (χ0) is 24.8. The SMILES string of the molecule is CCN(CC)c1ncc(CN(C(=O)c2cn(Cc3ccccc3)c(C)n2)c2ccc(F)cc2)cn1. The Labute approximate surface area is 204 Å². The first kappa shape index (κ1) is 24.1. The zero-order valence-electron chi connectivity index (χ0n) is 20.2. The quantitative estimate of drug-likeness (QED) is 0.348. The fourth-order valence-corrected chi connectivity index (χ4v) is 3.87. The van der Waals surface area contributed by atoms with Gasteiger partial charge in [0, 0.05) is 49.5 Å². The third-order valence-corrected chi connectivity index (χ3v) is 5.85. The molecule has 35 heavy (non-hydrogen) atoms. The molecule has 2 heterocycles. The van der Waals surface area contributed by atoms with E-state index >= 15 is 0 Å². The molecule has 8 heteroatoms. The molecule has 1 amide bonds. The largest absolute Gasteiger partial charge is 0.341 e. The van der Waals surface area contributed by atoms with Crippen LogP contribution in [0.15, 0.2) is 73.2 Å². The number of hydrogen-bond acceptors (Lipinski definition) is 5. The lowest BCUT2D eigenvalue weighted by molar-refractivity contribution is 0.0980. The second-order valence-electron chi connectivity index (χ2n) is 8.22. The van der Waals surface area contributed by atoms with Gasteiger partial charge in [-0.15, -0.1) is 0 Å². The normalized spacial score (nSPS) is 10.9. The molecule has 0 aliphatic carbocycles. The summed E-state index contributed by atoms with van der Waals surface area (Å²) in [6, 6.07) is 15.9. The van der Waals surface area contributed by atoms with Crippen LogP contribution in [0.4, 0.5) is 16.0 Å². The third kappa shape index (κ3) is 5.71. The molecule has 7 nitrogen and oxygen atoms in total. The smallest absolute Gasteiger partial charge is 0.278 e. The van der Waals surface area contributed by atoms with Crippen molar-refractivity contribution in [1.29, 1.82) is 0 Å². The molecule has 0 saturated carbocycles. The Kier molecular flexibility index (Phi) is 7.50. The van der Waals surface area contributed by atoms with E-state index < -0.39 is 0 Å². The number of benzene rings is 2. The van der Waals surface area contributed by atoms with E-state index in [2.05, 4.69) is 33.7 Å². The maximum absolute atomic E-state index is 13.6. The molecular formula is C27H29FN6O. The monoisotopic (exact) mass is 472 g/mol. The molecule has 0 saturated heterocycles. The number of carbonyl (C=O) groups is 1. The fourth-order valence-electron chi connectivity index (χ4n) is 3.87. The van der Waals surface area contributed by atoms with E-state index in [4.69, 9.17) is 0 Å². The van der Waals surface area contributed by atoms with Crippen LogP contribution in [0, 0.1) is 12.7 Å². The van der Waals surface area contributed by atoms with Gasteiger partial charge in [0.15, 0.2) is 0 Å². The first-order chi connectivity index (χ1) is 17.0. The summed E-state index contributed by atoms with van der Waals surface area (Å²) in [5.74, 6) is 0.743. The van der Waals surface area contributed by atoms with Crippen LogP contribution >= 0.6 is 0 Å². The maximum atomic E-state index is 13.6. The molecule has 2 aromatic heterocycles. The number of imidazole rings is 1. The van der Waals surface area contributed by atoms with Crippen molar-refractivity contribution in [3.8, 4) is 0 Å². The van der Waals surface area contributed by atoms with Crippen molar-refractivity contribution < 1.29 is 9.18 Å². The van der Waals surface area contributed by atoms with Gasteiger partial charge < -0.3 is 14.4 Å². The highest BCUT2D eigenvalue weighted by molar-refractivity contribution is 6.04. The van der Waals surface area contributed by atoms with Crippen molar-refractivity contribution in [2.45, 2.75) is 33.9 Å². The molecule has 4 rings (SSSR count). The lowest BCUT2D eigenvalue weighted by Gasteiger charge is -2.23. The molecule has 0 unspecified atom stereocenters. The number of rotatable bonds is 9. The standard InChI is InChI=1S/C27H29FN6O/c1-4-32(5-2)27-29-15-22(16-30-27)18-34(24-13-11-23(28)12-14-24)26(35)25-19-33(20(3)31-25)17-21-9-7-6-8-10-21/h6-16,19H,4-5,17-18H2,1-3H3. The van der Waals surface area contributed by atoms with Crippen LogP contribution in [0.2, 0.25) is 0 Å². The number of halogens is 1. The summed E-state index contributed by atoms with van der Waals surface area (Å²) in [7, 11) is 0. The Morgan fingerprint density at radius 2 is 1.60 bits per heavy atom. The van der Waals surface area contributed by atoms with Gasteiger partial charge in [0.25, 0.3) is 5.91 Å². The number of aryl methyl sites for hydroxylation is 1. The molecule has 180 valence electrons. The van der Waals surface area contributed by atoms with Crippen molar-refractivity contribution in [3.63, 3.8) is 0 Å². The molecule has 0 aliphatic heterocycles. The molecule has 0 fully saturated rings. The Morgan fingerprint density at radius 1 is 0.943 bits per heavy atom. The van der Waals surface area contributed by atoms with Gasteiger partial charge in [-0.2, -0.15) is 0 Å². The zero-order valence-corrected chi connectivity index (χ0v) is 20.2. The van der Waals surface area contributed by atoms with Crippen LogP contribution in [-0.4, -0.2) is 38.5 Å². The van der Waals surface area contributed by atoms with Gasteiger partial charge in [-0.3, -0.25) is 4.79 Å². The molecule has 0 aliphatic rings. The highest BCUT2D eigenvalue weighted by atomic mass is 19.1. The average Bonchev–Trinajstić information content (AvgIpc) is 3.25. The molecule has 0 radical (unpaired) electrons. The minimum absolute atomic E-state index is 0.230. The van der Waals surface area contributed by atoms with Crippen LogP contribution < -0.4 is 9.80 Å². The minimum atomic E-state index is -0.365. The minimum Gasteiger partial charge on any atom is -0.341 e. The number of anilines is 2. The van der Waals surface area contributed by atoms with Crippen LogP contribution in [0.25, 0.3) is 0 Å². The van der Waals surface area contributed by atoms with E-state index in [1.165, 1.54) is 12.1 Å². The van der Waals surface area contributed by atoms with Gasteiger partial charge in [-0.05, 0) is 50.6 Å². The lowest BCUT2D eigenvalue weighted by atomic mass is 10.2. The van der Waals surface area contributed by atoms with E-state index in [1.54, 1.807) is 35.6 Å². The summed E-state index contributed by atoms with van der Waals surface area (Å²) < 4.78 is 15.6. The van der Waals surface area contributed by atoms with Gasteiger partial charge in [0.2, 0.25) is 5.95 Å². The Hall–Kier alpha value is -4.07. The first-order valence-corrected chi connectivity index (χ1v) is 11.7. The number of nitrogens with zero attached hydrogens (tertiary/aromatic N) is 6. The van der Waals surface area contributed by atoms with Crippen LogP contribution in [-0.2, 0) is 13.1 Å². The summed E-state index contributed by atoms with van der Waals surface area (Å²) in [5, 5.41) is 0. The molecule has 0 spiro atoms. The predicted molar refractivity (Wildman–Crippen MR) is 135 cm³/mol. The summed E-state index contributed by atoms with van der Waals surface area (Å²) >= 11 is 0. The van der Waals surface area contributed by atoms with Gasteiger partial charge >= 0.3 is 0 Å². The molecule has 0 atom stereocenters. The fraction of sp³-hybridized carbons (Fsp3) is 0.259. The van der Waals surface area contributed by atoms with Crippen LogP contribution in [0.3, 0.4) is 0 Å². The molecule has 4 aromatic rings. The maximum Gasteiger partial charge on any atom is 0.278 e. The number of carbonyl (C=O) groups excluding carboxylic acids is 1. The van der Waals surface area contributed by atoms with E-state index in [-0.39, 0.29) is 18.3 Å². The van der Waals surface area contributed by atoms with Crippen molar-refractivity contribution in [2.24, 2.45) is 0 Å².